The fraction of sp³-hybridized carbons (Fsp3) is 0.538. The molecule has 0 aromatic heterocycles. The highest BCUT2D eigenvalue weighted by Crippen LogP contribution is 2.27. The molecule has 94 valence electrons. The van der Waals surface area contributed by atoms with Crippen LogP contribution in [0.5, 0.6) is 0 Å². The molecule has 0 spiro atoms. The number of hydrogen-bond donors (Lipinski definition) is 1. The van der Waals surface area contributed by atoms with E-state index in [9.17, 15) is 4.39 Å². The minimum absolute atomic E-state index is 0.108. The van der Waals surface area contributed by atoms with E-state index in [-0.39, 0.29) is 11.9 Å². The highest BCUT2D eigenvalue weighted by Gasteiger charge is 2.27. The minimum atomic E-state index is -0.202. The van der Waals surface area contributed by atoms with E-state index in [0.29, 0.717) is 6.04 Å². The molecule has 0 aliphatic carbocycles. The summed E-state index contributed by atoms with van der Waals surface area (Å²) >= 11 is 1.92. The van der Waals surface area contributed by atoms with E-state index < -0.39 is 0 Å². The summed E-state index contributed by atoms with van der Waals surface area (Å²) in [6.07, 6.45) is 0. The second-order valence-corrected chi connectivity index (χ2v) is 5.80. The third kappa shape index (κ3) is 2.81. The molecule has 1 aromatic rings. The van der Waals surface area contributed by atoms with Crippen molar-refractivity contribution in [1.82, 2.24) is 4.90 Å². The van der Waals surface area contributed by atoms with Gasteiger partial charge >= 0.3 is 0 Å². The summed E-state index contributed by atoms with van der Waals surface area (Å²) in [6, 6.07) is 5.07. The van der Waals surface area contributed by atoms with E-state index in [0.717, 1.165) is 29.2 Å². The molecule has 1 heterocycles. The van der Waals surface area contributed by atoms with Crippen LogP contribution in [0.4, 0.5) is 4.39 Å². The Morgan fingerprint density at radius 3 is 3.00 bits per heavy atom. The molecule has 4 heteroatoms. The van der Waals surface area contributed by atoms with Crippen molar-refractivity contribution in [3.05, 3.63) is 35.1 Å². The summed E-state index contributed by atoms with van der Waals surface area (Å²) in [4.78, 5) is 2.28. The van der Waals surface area contributed by atoms with Gasteiger partial charge in [0.15, 0.2) is 0 Å². The van der Waals surface area contributed by atoms with Gasteiger partial charge in [-0.2, -0.15) is 11.8 Å². The lowest BCUT2D eigenvalue weighted by molar-refractivity contribution is 0.237. The van der Waals surface area contributed by atoms with Crippen LogP contribution in [0.1, 0.15) is 17.2 Å². The first-order valence-corrected chi connectivity index (χ1v) is 7.04. The third-order valence-corrected chi connectivity index (χ3v) is 4.51. The fourth-order valence-corrected chi connectivity index (χ4v) is 3.55. The van der Waals surface area contributed by atoms with Crippen LogP contribution in [-0.4, -0.2) is 36.0 Å². The summed E-state index contributed by atoms with van der Waals surface area (Å²) in [5.41, 5.74) is 8.31. The largest absolute Gasteiger partial charge is 0.323 e. The smallest absolute Gasteiger partial charge is 0.123 e. The molecule has 2 atom stereocenters. The van der Waals surface area contributed by atoms with Crippen LogP contribution in [0, 0.1) is 12.7 Å². The molecule has 2 rings (SSSR count). The van der Waals surface area contributed by atoms with Crippen LogP contribution in [-0.2, 0) is 0 Å². The maximum Gasteiger partial charge on any atom is 0.123 e. The number of likely N-dealkylation sites (N-methyl/N-ethyl adjacent to an activating group) is 1. The van der Waals surface area contributed by atoms with E-state index in [2.05, 4.69) is 11.9 Å². The van der Waals surface area contributed by atoms with E-state index in [1.807, 2.05) is 18.7 Å². The Morgan fingerprint density at radius 1 is 1.53 bits per heavy atom. The number of aryl methyl sites for hydroxylation is 1. The van der Waals surface area contributed by atoms with Crippen LogP contribution in [0.25, 0.3) is 0 Å². The standard InChI is InChI=1S/C13H19FN2S/c1-9-3-4-10(14)7-11(9)13(15)12-8-17-6-5-16(12)2/h3-4,7,12-13H,5-6,8,15H2,1-2H3. The zero-order chi connectivity index (χ0) is 12.4. The fourth-order valence-electron chi connectivity index (χ4n) is 2.26. The van der Waals surface area contributed by atoms with E-state index in [4.69, 9.17) is 5.73 Å². The van der Waals surface area contributed by atoms with Crippen LogP contribution < -0.4 is 5.73 Å². The van der Waals surface area contributed by atoms with Crippen LogP contribution in [0.2, 0.25) is 0 Å². The first-order chi connectivity index (χ1) is 8.09. The monoisotopic (exact) mass is 254 g/mol. The average molecular weight is 254 g/mol. The van der Waals surface area contributed by atoms with E-state index in [1.165, 1.54) is 6.07 Å². The Balaban J connectivity index is 2.23. The van der Waals surface area contributed by atoms with Gasteiger partial charge < -0.3 is 5.73 Å². The van der Waals surface area contributed by atoms with Crippen LogP contribution in [0.15, 0.2) is 18.2 Å². The van der Waals surface area contributed by atoms with Crippen molar-refractivity contribution in [1.29, 1.82) is 0 Å². The highest BCUT2D eigenvalue weighted by atomic mass is 32.2. The van der Waals surface area contributed by atoms with Crippen molar-refractivity contribution < 1.29 is 4.39 Å². The first-order valence-electron chi connectivity index (χ1n) is 5.89. The van der Waals surface area contributed by atoms with Crippen molar-refractivity contribution in [2.75, 3.05) is 25.1 Å². The van der Waals surface area contributed by atoms with Crippen molar-refractivity contribution in [3.8, 4) is 0 Å². The molecule has 1 aliphatic rings. The van der Waals surface area contributed by atoms with Gasteiger partial charge in [0.1, 0.15) is 5.82 Å². The molecule has 0 saturated carbocycles. The van der Waals surface area contributed by atoms with Gasteiger partial charge in [-0.3, -0.25) is 4.90 Å². The first kappa shape index (κ1) is 12.9. The highest BCUT2D eigenvalue weighted by molar-refractivity contribution is 7.99. The second-order valence-electron chi connectivity index (χ2n) is 4.65. The van der Waals surface area contributed by atoms with Crippen molar-refractivity contribution in [2.24, 2.45) is 5.73 Å². The number of thioether (sulfide) groups is 1. The maximum absolute atomic E-state index is 13.3. The van der Waals surface area contributed by atoms with Gasteiger partial charge in [-0.05, 0) is 37.2 Å². The molecular weight excluding hydrogens is 235 g/mol. The van der Waals surface area contributed by atoms with Gasteiger partial charge in [0.05, 0.1) is 0 Å². The Morgan fingerprint density at radius 2 is 2.29 bits per heavy atom. The SMILES string of the molecule is Cc1ccc(F)cc1C(N)C1CSCCN1C. The summed E-state index contributed by atoms with van der Waals surface area (Å²) in [6.45, 7) is 3.04. The molecule has 1 fully saturated rings. The Bertz CT molecular complexity index is 397. The summed E-state index contributed by atoms with van der Waals surface area (Å²) in [7, 11) is 2.10. The lowest BCUT2D eigenvalue weighted by atomic mass is 9.96. The number of rotatable bonds is 2. The molecular formula is C13H19FN2S. The van der Waals surface area contributed by atoms with Gasteiger partial charge in [0.2, 0.25) is 0 Å². The molecule has 0 radical (unpaired) electrons. The van der Waals surface area contributed by atoms with Gasteiger partial charge in [0, 0.05) is 30.1 Å². The Kier molecular flexibility index (Phi) is 4.07. The predicted octanol–water partition coefficient (Wildman–Crippen LogP) is 2.18. The molecule has 2 nitrogen and oxygen atoms in total. The summed E-state index contributed by atoms with van der Waals surface area (Å²) in [5, 5.41) is 0. The van der Waals surface area contributed by atoms with Crippen molar-refractivity contribution in [3.63, 3.8) is 0 Å². The van der Waals surface area contributed by atoms with Gasteiger partial charge in [0.25, 0.3) is 0 Å². The quantitative estimate of drug-likeness (QED) is 0.877. The van der Waals surface area contributed by atoms with Crippen LogP contribution in [0.3, 0.4) is 0 Å². The zero-order valence-corrected chi connectivity index (χ0v) is 11.1. The number of benzene rings is 1. The lowest BCUT2D eigenvalue weighted by Gasteiger charge is -2.36. The summed E-state index contributed by atoms with van der Waals surface area (Å²) in [5.74, 6) is 1.97. The molecule has 1 aliphatic heterocycles. The second kappa shape index (κ2) is 5.38. The molecule has 0 amide bonds. The molecule has 0 bridgehead atoms. The van der Waals surface area contributed by atoms with Crippen molar-refractivity contribution >= 4 is 11.8 Å². The van der Waals surface area contributed by atoms with Gasteiger partial charge in [-0.15, -0.1) is 0 Å². The molecule has 1 aromatic carbocycles. The Labute approximate surface area is 106 Å². The van der Waals surface area contributed by atoms with Crippen LogP contribution >= 0.6 is 11.8 Å². The number of hydrogen-bond acceptors (Lipinski definition) is 3. The average Bonchev–Trinajstić information content (AvgIpc) is 2.32. The molecule has 2 unspecified atom stereocenters. The number of nitrogens with zero attached hydrogens (tertiary/aromatic N) is 1. The van der Waals surface area contributed by atoms with Gasteiger partial charge in [-0.1, -0.05) is 6.07 Å². The summed E-state index contributed by atoms with van der Waals surface area (Å²) < 4.78 is 13.3. The number of halogens is 1. The Hall–Kier alpha value is -0.580. The lowest BCUT2D eigenvalue weighted by Crippen LogP contribution is -2.46. The van der Waals surface area contributed by atoms with E-state index in [1.54, 1.807) is 12.1 Å². The molecule has 2 N–H and O–H groups in total. The topological polar surface area (TPSA) is 29.3 Å². The minimum Gasteiger partial charge on any atom is -0.323 e. The van der Waals surface area contributed by atoms with Gasteiger partial charge in [-0.25, -0.2) is 4.39 Å². The number of nitrogens with two attached hydrogens (primary N) is 1. The molecule has 17 heavy (non-hydrogen) atoms. The normalized spacial score (nSPS) is 23.6. The predicted molar refractivity (Wildman–Crippen MR) is 71.8 cm³/mol. The zero-order valence-electron chi connectivity index (χ0n) is 10.3. The van der Waals surface area contributed by atoms with E-state index >= 15 is 0 Å². The third-order valence-electron chi connectivity index (χ3n) is 3.46. The van der Waals surface area contributed by atoms with Crippen molar-refractivity contribution in [2.45, 2.75) is 19.0 Å². The molecule has 1 saturated heterocycles. The maximum atomic E-state index is 13.3.